The monoisotopic (exact) mass is 437 g/mol. The summed E-state index contributed by atoms with van der Waals surface area (Å²) in [6, 6.07) is 10.9. The van der Waals surface area contributed by atoms with Crippen molar-refractivity contribution in [3.05, 3.63) is 64.5 Å². The molecule has 168 valence electrons. The highest BCUT2D eigenvalue weighted by Gasteiger charge is 2.17. The minimum Gasteiger partial charge on any atom is -0.494 e. The molecule has 1 amide bonds. The van der Waals surface area contributed by atoms with E-state index in [0.717, 1.165) is 42.8 Å². The number of nitrogens with zero attached hydrogens (tertiary/aromatic N) is 4. The van der Waals surface area contributed by atoms with E-state index in [2.05, 4.69) is 15.4 Å². The van der Waals surface area contributed by atoms with Crippen molar-refractivity contribution in [2.24, 2.45) is 0 Å². The molecule has 0 fully saturated rings. The van der Waals surface area contributed by atoms with Gasteiger partial charge in [0.1, 0.15) is 23.9 Å². The molecule has 0 saturated carbocycles. The minimum absolute atomic E-state index is 0.0978. The van der Waals surface area contributed by atoms with Crippen LogP contribution in [0.5, 0.6) is 17.4 Å². The molecule has 1 aliphatic heterocycles. The Kier molecular flexibility index (Phi) is 6.84. The molecule has 9 heteroatoms. The molecule has 0 bridgehead atoms. The highest BCUT2D eigenvalue weighted by atomic mass is 16.5. The van der Waals surface area contributed by atoms with Crippen LogP contribution in [0.1, 0.15) is 37.6 Å². The predicted octanol–water partition coefficient (Wildman–Crippen LogP) is 2.67. The predicted molar refractivity (Wildman–Crippen MR) is 118 cm³/mol. The van der Waals surface area contributed by atoms with E-state index >= 15 is 0 Å². The number of nitrogens with one attached hydrogen (secondary N) is 1. The lowest BCUT2D eigenvalue weighted by Gasteiger charge is -2.09. The van der Waals surface area contributed by atoms with Gasteiger partial charge < -0.3 is 14.8 Å². The van der Waals surface area contributed by atoms with Crippen LogP contribution >= 0.6 is 0 Å². The van der Waals surface area contributed by atoms with Crippen molar-refractivity contribution in [2.45, 2.75) is 52.2 Å². The van der Waals surface area contributed by atoms with E-state index in [1.807, 2.05) is 31.2 Å². The van der Waals surface area contributed by atoms with Crippen LogP contribution in [-0.4, -0.2) is 31.8 Å². The van der Waals surface area contributed by atoms with Crippen LogP contribution in [0.3, 0.4) is 0 Å². The number of hydrogen-bond acceptors (Lipinski definition) is 6. The van der Waals surface area contributed by atoms with Crippen LogP contribution in [0.15, 0.2) is 47.4 Å². The summed E-state index contributed by atoms with van der Waals surface area (Å²) in [5.74, 6) is 2.34. The lowest BCUT2D eigenvalue weighted by molar-refractivity contribution is -0.122. The second-order valence-corrected chi connectivity index (χ2v) is 7.60. The molecule has 0 atom stereocenters. The Morgan fingerprint density at radius 1 is 1.12 bits per heavy atom. The molecule has 0 unspecified atom stereocenters. The summed E-state index contributed by atoms with van der Waals surface area (Å²) in [5.41, 5.74) is 0.620. The number of benzene rings is 1. The van der Waals surface area contributed by atoms with E-state index in [1.54, 1.807) is 22.9 Å². The van der Waals surface area contributed by atoms with Crippen molar-refractivity contribution >= 4 is 5.91 Å². The standard InChI is InChI=1S/C23H27N5O4/c1-2-31-18-7-9-19(10-8-18)32-22-14-17(11-12-24-22)15-25-21(29)16-28-23(30)27-13-5-3-4-6-20(27)26-28/h7-12,14H,2-6,13,15-16H2,1H3,(H,25,29). The molecule has 32 heavy (non-hydrogen) atoms. The number of aromatic nitrogens is 4. The molecule has 3 heterocycles. The number of carbonyl (C=O) groups is 1. The van der Waals surface area contributed by atoms with E-state index in [9.17, 15) is 9.59 Å². The van der Waals surface area contributed by atoms with Crippen LogP contribution in [0.25, 0.3) is 0 Å². The number of rotatable bonds is 8. The average molecular weight is 438 g/mol. The quantitative estimate of drug-likeness (QED) is 0.582. The highest BCUT2D eigenvalue weighted by molar-refractivity contribution is 5.75. The van der Waals surface area contributed by atoms with E-state index in [4.69, 9.17) is 9.47 Å². The van der Waals surface area contributed by atoms with Crippen molar-refractivity contribution in [1.29, 1.82) is 0 Å². The second-order valence-electron chi connectivity index (χ2n) is 7.60. The van der Waals surface area contributed by atoms with Crippen LogP contribution in [-0.2, 0) is 30.8 Å². The van der Waals surface area contributed by atoms with Crippen molar-refractivity contribution in [3.63, 3.8) is 0 Å². The average Bonchev–Trinajstić information content (AvgIpc) is 2.94. The Hall–Kier alpha value is -3.62. The third-order valence-electron chi connectivity index (χ3n) is 5.22. The lowest BCUT2D eigenvalue weighted by Crippen LogP contribution is -2.33. The molecule has 0 saturated heterocycles. The maximum Gasteiger partial charge on any atom is 0.346 e. The number of pyridine rings is 1. The van der Waals surface area contributed by atoms with Gasteiger partial charge in [0.2, 0.25) is 11.8 Å². The fourth-order valence-electron chi connectivity index (χ4n) is 3.63. The van der Waals surface area contributed by atoms with E-state index < -0.39 is 0 Å². The van der Waals surface area contributed by atoms with E-state index in [-0.39, 0.29) is 18.1 Å². The molecule has 1 aromatic carbocycles. The van der Waals surface area contributed by atoms with Crippen molar-refractivity contribution in [2.75, 3.05) is 6.61 Å². The van der Waals surface area contributed by atoms with E-state index in [0.29, 0.717) is 31.3 Å². The maximum absolute atomic E-state index is 12.5. The Morgan fingerprint density at radius 3 is 2.75 bits per heavy atom. The minimum atomic E-state index is -0.272. The van der Waals surface area contributed by atoms with Gasteiger partial charge in [-0.25, -0.2) is 14.5 Å². The number of ether oxygens (including phenoxy) is 2. The van der Waals surface area contributed by atoms with Crippen LogP contribution < -0.4 is 20.5 Å². The number of carbonyl (C=O) groups excluding carboxylic acids is 1. The molecule has 0 radical (unpaired) electrons. The Bertz CT molecular complexity index is 1120. The first-order chi connectivity index (χ1) is 15.6. The molecule has 1 N–H and O–H groups in total. The summed E-state index contributed by atoms with van der Waals surface area (Å²) in [5, 5.41) is 7.18. The zero-order valence-electron chi connectivity index (χ0n) is 18.1. The third-order valence-corrected chi connectivity index (χ3v) is 5.22. The van der Waals surface area contributed by atoms with Crippen LogP contribution in [0.4, 0.5) is 0 Å². The SMILES string of the molecule is CCOc1ccc(Oc2cc(CNC(=O)Cn3nc4n(c3=O)CCCCC4)ccn2)cc1. The number of aryl methyl sites for hydroxylation is 1. The molecular weight excluding hydrogens is 410 g/mol. The van der Waals surface area contributed by atoms with Gasteiger partial charge in [-0.05, 0) is 55.7 Å². The third kappa shape index (κ3) is 5.35. The first-order valence-electron chi connectivity index (χ1n) is 10.9. The lowest BCUT2D eigenvalue weighted by atomic mass is 10.2. The summed E-state index contributed by atoms with van der Waals surface area (Å²) < 4.78 is 14.2. The van der Waals surface area contributed by atoms with Crippen molar-refractivity contribution in [1.82, 2.24) is 24.6 Å². The molecule has 4 rings (SSSR count). The molecule has 3 aromatic rings. The fraction of sp³-hybridized carbons (Fsp3) is 0.391. The van der Waals surface area contributed by atoms with Crippen LogP contribution in [0, 0.1) is 0 Å². The Labute approximate surface area is 186 Å². The molecule has 0 aliphatic carbocycles. The van der Waals surface area contributed by atoms with Crippen LogP contribution in [0.2, 0.25) is 0 Å². The van der Waals surface area contributed by atoms with Gasteiger partial charge in [0.15, 0.2) is 0 Å². The molecule has 2 aromatic heterocycles. The summed E-state index contributed by atoms with van der Waals surface area (Å²) in [7, 11) is 0. The first-order valence-corrected chi connectivity index (χ1v) is 10.9. The molecule has 0 spiro atoms. The number of amides is 1. The summed E-state index contributed by atoms with van der Waals surface area (Å²) in [4.78, 5) is 29.1. The first kappa shape index (κ1) is 21.6. The van der Waals surface area contributed by atoms with Gasteiger partial charge in [0.05, 0.1) is 6.61 Å². The van der Waals surface area contributed by atoms with Crippen molar-refractivity contribution in [3.8, 4) is 17.4 Å². The Balaban J connectivity index is 1.33. The Morgan fingerprint density at radius 2 is 1.94 bits per heavy atom. The number of fused-ring (bicyclic) bond motifs is 1. The number of hydrogen-bond donors (Lipinski definition) is 1. The summed E-state index contributed by atoms with van der Waals surface area (Å²) in [6.45, 7) is 3.40. The van der Waals surface area contributed by atoms with Gasteiger partial charge in [-0.2, -0.15) is 5.10 Å². The zero-order valence-corrected chi connectivity index (χ0v) is 18.1. The van der Waals surface area contributed by atoms with Crippen molar-refractivity contribution < 1.29 is 14.3 Å². The second kappa shape index (κ2) is 10.1. The smallest absolute Gasteiger partial charge is 0.346 e. The van der Waals surface area contributed by atoms with Gasteiger partial charge >= 0.3 is 5.69 Å². The zero-order chi connectivity index (χ0) is 22.3. The van der Waals surface area contributed by atoms with E-state index in [1.165, 1.54) is 4.68 Å². The van der Waals surface area contributed by atoms with Gasteiger partial charge in [0.25, 0.3) is 0 Å². The largest absolute Gasteiger partial charge is 0.494 e. The maximum atomic E-state index is 12.5. The molecule has 1 aliphatic rings. The topological polar surface area (TPSA) is 100 Å². The van der Waals surface area contributed by atoms with Gasteiger partial charge in [-0.1, -0.05) is 6.42 Å². The fourth-order valence-corrected chi connectivity index (χ4v) is 3.63. The highest BCUT2D eigenvalue weighted by Crippen LogP contribution is 2.23. The van der Waals surface area contributed by atoms with Gasteiger partial charge in [0, 0.05) is 31.8 Å². The molecule has 9 nitrogen and oxygen atoms in total. The molecular formula is C23H27N5O4. The summed E-state index contributed by atoms with van der Waals surface area (Å²) in [6.07, 6.45) is 5.49. The van der Waals surface area contributed by atoms with Gasteiger partial charge in [-0.15, -0.1) is 0 Å². The summed E-state index contributed by atoms with van der Waals surface area (Å²) >= 11 is 0. The van der Waals surface area contributed by atoms with Gasteiger partial charge in [-0.3, -0.25) is 9.36 Å². The normalized spacial score (nSPS) is 13.2.